The Morgan fingerprint density at radius 2 is 1.64 bits per heavy atom. The molecular weight excluding hydrogens is 338 g/mol. The predicted octanol–water partition coefficient (Wildman–Crippen LogP) is 1.72. The van der Waals surface area contributed by atoms with Crippen LogP contribution in [-0.4, -0.2) is 36.7 Å². The topological polar surface area (TPSA) is 170 Å². The number of hydrogen-bond donors (Lipinski definition) is 2. The molecule has 0 saturated heterocycles. The van der Waals surface area contributed by atoms with Crippen molar-refractivity contribution in [3.05, 3.63) is 77.9 Å². The molecule has 25 heavy (non-hydrogen) atoms. The normalized spacial score (nSPS) is 17.7. The van der Waals surface area contributed by atoms with Gasteiger partial charge in [0.1, 0.15) is 9.85 Å². The number of benzene rings is 1. The number of phenolic OH excluding ortho intramolecular Hbond substituents is 1. The zero-order chi connectivity index (χ0) is 19.4. The number of phenols is 1. The van der Waals surface area contributed by atoms with E-state index in [-0.39, 0.29) is 17.0 Å². The van der Waals surface area contributed by atoms with Gasteiger partial charge in [-0.3, -0.25) is 30.3 Å². The summed E-state index contributed by atoms with van der Waals surface area (Å²) in [6.45, 7) is 2.83. The van der Waals surface area contributed by atoms with Crippen LogP contribution in [0.1, 0.15) is 12.5 Å². The molecule has 0 saturated carbocycles. The van der Waals surface area contributed by atoms with Gasteiger partial charge >= 0.3 is 11.4 Å². The minimum absolute atomic E-state index is 0.0949. The summed E-state index contributed by atoms with van der Waals surface area (Å²) >= 11 is 0. The number of aryl methyl sites for hydroxylation is 1. The fourth-order valence-electron chi connectivity index (χ4n) is 2.25. The number of hydrogen-bond acceptors (Lipinski definition) is 8. The monoisotopic (exact) mass is 353 g/mol. The molecule has 0 heterocycles. The van der Waals surface area contributed by atoms with Crippen LogP contribution in [0.4, 0.5) is 5.69 Å². The standard InChI is InChI=1S/C7H8N2O5.C7H7NO3/c1-5-3-2-4-6(10)7(5,8(11)12)9(13)14;1-5-3-2-4-6(9)7(5)8(10)11/h2-4,6,10H,1H3;2-4,9H,1H3. The van der Waals surface area contributed by atoms with Crippen molar-refractivity contribution in [3.63, 3.8) is 0 Å². The highest BCUT2D eigenvalue weighted by molar-refractivity contribution is 5.50. The van der Waals surface area contributed by atoms with E-state index in [1.165, 1.54) is 25.1 Å². The zero-order valence-corrected chi connectivity index (χ0v) is 13.2. The van der Waals surface area contributed by atoms with Gasteiger partial charge in [0.05, 0.1) is 10.5 Å². The lowest BCUT2D eigenvalue weighted by atomic mass is 9.91. The van der Waals surface area contributed by atoms with Crippen LogP contribution in [0.5, 0.6) is 5.75 Å². The van der Waals surface area contributed by atoms with Crippen LogP contribution in [0, 0.1) is 37.3 Å². The van der Waals surface area contributed by atoms with E-state index in [2.05, 4.69) is 0 Å². The lowest BCUT2D eigenvalue weighted by molar-refractivity contribution is -0.791. The number of rotatable bonds is 3. The summed E-state index contributed by atoms with van der Waals surface area (Å²) < 4.78 is 0. The van der Waals surface area contributed by atoms with Crippen molar-refractivity contribution in [2.24, 2.45) is 0 Å². The third-order valence-corrected chi connectivity index (χ3v) is 3.59. The number of aliphatic hydroxyl groups is 1. The largest absolute Gasteiger partial charge is 0.508 e. The minimum atomic E-state index is -2.63. The Balaban J connectivity index is 0.000000257. The molecule has 11 heteroatoms. The fraction of sp³-hybridized carbons (Fsp3) is 0.286. The van der Waals surface area contributed by atoms with Crippen molar-refractivity contribution in [2.45, 2.75) is 25.6 Å². The van der Waals surface area contributed by atoms with Crippen molar-refractivity contribution < 1.29 is 25.0 Å². The van der Waals surface area contributed by atoms with E-state index in [1.807, 2.05) is 0 Å². The first-order chi connectivity index (χ1) is 11.6. The number of nitro benzene ring substituents is 1. The highest BCUT2D eigenvalue weighted by atomic mass is 16.7. The van der Waals surface area contributed by atoms with Gasteiger partial charge in [0, 0.05) is 5.56 Å². The average molecular weight is 353 g/mol. The van der Waals surface area contributed by atoms with Crippen LogP contribution >= 0.6 is 0 Å². The van der Waals surface area contributed by atoms with Crippen molar-refractivity contribution in [1.82, 2.24) is 0 Å². The van der Waals surface area contributed by atoms with Gasteiger partial charge in [0.25, 0.3) is 0 Å². The van der Waals surface area contributed by atoms with Crippen molar-refractivity contribution in [2.75, 3.05) is 0 Å². The molecule has 1 aromatic rings. The summed E-state index contributed by atoms with van der Waals surface area (Å²) in [6.07, 6.45) is 1.89. The number of para-hydroxylation sites is 1. The first-order valence-corrected chi connectivity index (χ1v) is 6.82. The Morgan fingerprint density at radius 3 is 1.96 bits per heavy atom. The summed E-state index contributed by atoms with van der Waals surface area (Å²) in [5, 5.41) is 50.0. The van der Waals surface area contributed by atoms with Gasteiger partial charge in [-0.05, 0) is 32.1 Å². The second kappa shape index (κ2) is 7.49. The van der Waals surface area contributed by atoms with Crippen molar-refractivity contribution in [1.29, 1.82) is 0 Å². The third-order valence-electron chi connectivity index (χ3n) is 3.59. The first kappa shape index (κ1) is 19.7. The Kier molecular flexibility index (Phi) is 5.90. The van der Waals surface area contributed by atoms with Gasteiger partial charge in [-0.1, -0.05) is 18.2 Å². The average Bonchev–Trinajstić information content (AvgIpc) is 2.46. The second-order valence-corrected chi connectivity index (χ2v) is 5.12. The van der Waals surface area contributed by atoms with E-state index < -0.39 is 26.5 Å². The SMILES string of the molecule is CC1=CC=CC(O)C1([N+](=O)[O-])[N+](=O)[O-].Cc1cccc(O)c1[N+](=O)[O-]. The maximum atomic E-state index is 10.7. The number of nitrogens with zero attached hydrogens (tertiary/aromatic N) is 3. The van der Waals surface area contributed by atoms with Gasteiger partial charge in [0.15, 0.2) is 5.75 Å². The van der Waals surface area contributed by atoms with Gasteiger partial charge in [-0.25, -0.2) is 0 Å². The lowest BCUT2D eigenvalue weighted by Gasteiger charge is -2.22. The van der Waals surface area contributed by atoms with E-state index >= 15 is 0 Å². The molecule has 0 fully saturated rings. The molecule has 0 spiro atoms. The summed E-state index contributed by atoms with van der Waals surface area (Å²) in [6, 6.07) is 4.45. The van der Waals surface area contributed by atoms with Gasteiger partial charge < -0.3 is 10.2 Å². The maximum absolute atomic E-state index is 10.7. The quantitative estimate of drug-likeness (QED) is 0.470. The maximum Gasteiger partial charge on any atom is 0.508 e. The molecule has 11 nitrogen and oxygen atoms in total. The van der Waals surface area contributed by atoms with Crippen LogP contribution in [0.15, 0.2) is 42.0 Å². The summed E-state index contributed by atoms with van der Waals surface area (Å²) in [7, 11) is 0. The Morgan fingerprint density at radius 1 is 1.08 bits per heavy atom. The third kappa shape index (κ3) is 3.61. The molecule has 1 unspecified atom stereocenters. The molecule has 0 radical (unpaired) electrons. The van der Waals surface area contributed by atoms with E-state index in [0.29, 0.717) is 5.56 Å². The molecule has 0 aliphatic heterocycles. The van der Waals surface area contributed by atoms with E-state index in [0.717, 1.165) is 6.08 Å². The van der Waals surface area contributed by atoms with Crippen LogP contribution in [0.2, 0.25) is 0 Å². The fourth-order valence-corrected chi connectivity index (χ4v) is 2.25. The highest BCUT2D eigenvalue weighted by Gasteiger charge is 2.64. The molecule has 1 aliphatic rings. The second-order valence-electron chi connectivity index (χ2n) is 5.12. The predicted molar refractivity (Wildman–Crippen MR) is 85.1 cm³/mol. The van der Waals surface area contributed by atoms with Crippen LogP contribution < -0.4 is 0 Å². The first-order valence-electron chi connectivity index (χ1n) is 6.82. The Hall–Kier alpha value is -3.34. The molecule has 0 aromatic heterocycles. The van der Waals surface area contributed by atoms with Gasteiger partial charge in [-0.15, -0.1) is 0 Å². The molecule has 1 aromatic carbocycles. The molecule has 0 bridgehead atoms. The van der Waals surface area contributed by atoms with Crippen LogP contribution in [-0.2, 0) is 0 Å². The summed E-state index contributed by atoms with van der Waals surface area (Å²) in [5.41, 5.74) is -2.47. The smallest absolute Gasteiger partial charge is 0.502 e. The Bertz CT molecular complexity index is 737. The molecular formula is C14H15N3O8. The van der Waals surface area contributed by atoms with Crippen molar-refractivity contribution >= 4 is 5.69 Å². The van der Waals surface area contributed by atoms with Crippen LogP contribution in [0.25, 0.3) is 0 Å². The number of nitro groups is 3. The number of aromatic hydroxyl groups is 1. The van der Waals surface area contributed by atoms with Gasteiger partial charge in [0.2, 0.25) is 6.10 Å². The molecule has 0 amide bonds. The molecule has 2 N–H and O–H groups in total. The number of allylic oxidation sites excluding steroid dienone is 2. The lowest BCUT2D eigenvalue weighted by Crippen LogP contribution is -2.56. The minimum Gasteiger partial charge on any atom is -0.502 e. The van der Waals surface area contributed by atoms with E-state index in [9.17, 15) is 35.4 Å². The molecule has 134 valence electrons. The number of aliphatic hydroxyl groups excluding tert-OH is 1. The van der Waals surface area contributed by atoms with Crippen LogP contribution in [0.3, 0.4) is 0 Å². The summed E-state index contributed by atoms with van der Waals surface area (Å²) in [4.78, 5) is 28.9. The van der Waals surface area contributed by atoms with E-state index in [4.69, 9.17) is 5.11 Å². The zero-order valence-electron chi connectivity index (χ0n) is 13.2. The molecule has 1 aliphatic carbocycles. The molecule has 1 atom stereocenters. The highest BCUT2D eigenvalue weighted by Crippen LogP contribution is 2.29. The Labute approximate surface area is 141 Å². The van der Waals surface area contributed by atoms with E-state index in [1.54, 1.807) is 19.1 Å². The molecule has 2 rings (SSSR count). The summed E-state index contributed by atoms with van der Waals surface area (Å²) in [5.74, 6) is -0.282. The van der Waals surface area contributed by atoms with Crippen molar-refractivity contribution in [3.8, 4) is 5.75 Å². The van der Waals surface area contributed by atoms with Gasteiger partial charge in [-0.2, -0.15) is 0 Å².